The lowest BCUT2D eigenvalue weighted by atomic mass is 10.2. The van der Waals surface area contributed by atoms with Crippen LogP contribution in [0.1, 0.15) is 26.8 Å². The lowest BCUT2D eigenvalue weighted by Crippen LogP contribution is -2.26. The lowest BCUT2D eigenvalue weighted by molar-refractivity contribution is -0.137. The highest BCUT2D eigenvalue weighted by Gasteiger charge is 2.30. The summed E-state index contributed by atoms with van der Waals surface area (Å²) < 4.78 is 43.5. The molecule has 5 nitrogen and oxygen atoms in total. The van der Waals surface area contributed by atoms with Gasteiger partial charge in [0, 0.05) is 30.2 Å². The normalized spacial score (nSPS) is 11.2. The van der Waals surface area contributed by atoms with E-state index in [1.54, 1.807) is 11.6 Å². The molecule has 0 aliphatic carbocycles. The van der Waals surface area contributed by atoms with Crippen LogP contribution in [0.2, 0.25) is 0 Å². The van der Waals surface area contributed by atoms with Crippen molar-refractivity contribution in [1.82, 2.24) is 15.3 Å². The van der Waals surface area contributed by atoms with Gasteiger partial charge in [0.25, 0.3) is 5.91 Å². The SMILES string of the molecule is O=C(NCCc1ccccn1)c1csc(COc2cccc(C(F)(F)F)c2)n1. The van der Waals surface area contributed by atoms with Crippen LogP contribution in [-0.4, -0.2) is 22.4 Å². The average Bonchev–Trinajstić information content (AvgIpc) is 3.16. The van der Waals surface area contributed by atoms with Gasteiger partial charge < -0.3 is 10.1 Å². The van der Waals surface area contributed by atoms with Crippen molar-refractivity contribution >= 4 is 17.2 Å². The third kappa shape index (κ3) is 5.53. The van der Waals surface area contributed by atoms with Crippen LogP contribution in [-0.2, 0) is 19.2 Å². The highest BCUT2D eigenvalue weighted by Crippen LogP contribution is 2.31. The van der Waals surface area contributed by atoms with E-state index in [2.05, 4.69) is 15.3 Å². The molecule has 0 spiro atoms. The molecule has 0 aliphatic heterocycles. The Labute approximate surface area is 163 Å². The number of amides is 1. The maximum absolute atomic E-state index is 12.7. The van der Waals surface area contributed by atoms with Gasteiger partial charge in [-0.1, -0.05) is 12.1 Å². The Balaban J connectivity index is 1.50. The number of nitrogens with one attached hydrogen (secondary N) is 1. The smallest absolute Gasteiger partial charge is 0.416 e. The molecule has 0 saturated heterocycles. The molecule has 2 aromatic heterocycles. The molecule has 146 valence electrons. The fourth-order valence-electron chi connectivity index (χ4n) is 2.33. The zero-order valence-corrected chi connectivity index (χ0v) is 15.4. The zero-order valence-electron chi connectivity index (χ0n) is 14.6. The molecule has 0 radical (unpaired) electrons. The number of pyridine rings is 1. The van der Waals surface area contributed by atoms with Gasteiger partial charge in [0.05, 0.1) is 5.56 Å². The van der Waals surface area contributed by atoms with Gasteiger partial charge in [0.1, 0.15) is 23.1 Å². The van der Waals surface area contributed by atoms with Gasteiger partial charge in [0.15, 0.2) is 0 Å². The van der Waals surface area contributed by atoms with Crippen molar-refractivity contribution in [2.45, 2.75) is 19.2 Å². The van der Waals surface area contributed by atoms with E-state index in [-0.39, 0.29) is 24.0 Å². The Hall–Kier alpha value is -2.94. The minimum Gasteiger partial charge on any atom is -0.486 e. The van der Waals surface area contributed by atoms with Crippen LogP contribution < -0.4 is 10.1 Å². The quantitative estimate of drug-likeness (QED) is 0.640. The molecule has 0 fully saturated rings. The topological polar surface area (TPSA) is 64.1 Å². The number of rotatable bonds is 7. The predicted molar refractivity (Wildman–Crippen MR) is 98.2 cm³/mol. The van der Waals surface area contributed by atoms with Gasteiger partial charge in [-0.15, -0.1) is 11.3 Å². The first kappa shape index (κ1) is 19.8. The number of carbonyl (C=O) groups excluding carboxylic acids is 1. The molecule has 0 atom stereocenters. The van der Waals surface area contributed by atoms with Gasteiger partial charge >= 0.3 is 6.18 Å². The fraction of sp³-hybridized carbons (Fsp3) is 0.211. The predicted octanol–water partition coefficient (Wildman–Crippen LogP) is 4.11. The third-order valence-corrected chi connectivity index (χ3v) is 4.52. The Kier molecular flexibility index (Phi) is 6.25. The van der Waals surface area contributed by atoms with E-state index in [0.29, 0.717) is 18.0 Å². The van der Waals surface area contributed by atoms with E-state index in [0.717, 1.165) is 17.8 Å². The molecule has 9 heteroatoms. The Bertz CT molecular complexity index is 929. The van der Waals surface area contributed by atoms with Crippen molar-refractivity contribution in [3.63, 3.8) is 0 Å². The molecular formula is C19H16F3N3O2S. The molecular weight excluding hydrogens is 391 g/mol. The molecule has 1 amide bonds. The summed E-state index contributed by atoms with van der Waals surface area (Å²) in [5, 5.41) is 4.84. The molecule has 0 bridgehead atoms. The number of hydrogen-bond acceptors (Lipinski definition) is 5. The first-order chi connectivity index (χ1) is 13.4. The molecule has 1 aromatic carbocycles. The van der Waals surface area contributed by atoms with Crippen molar-refractivity contribution in [1.29, 1.82) is 0 Å². The highest BCUT2D eigenvalue weighted by molar-refractivity contribution is 7.09. The number of aromatic nitrogens is 2. The summed E-state index contributed by atoms with van der Waals surface area (Å²) in [6.07, 6.45) is -2.14. The van der Waals surface area contributed by atoms with Gasteiger partial charge in [-0.25, -0.2) is 4.98 Å². The van der Waals surface area contributed by atoms with Crippen molar-refractivity contribution in [2.24, 2.45) is 0 Å². The van der Waals surface area contributed by atoms with Crippen LogP contribution in [0.15, 0.2) is 54.0 Å². The van der Waals surface area contributed by atoms with Crippen LogP contribution in [0, 0.1) is 0 Å². The van der Waals surface area contributed by atoms with Crippen LogP contribution in [0.25, 0.3) is 0 Å². The van der Waals surface area contributed by atoms with E-state index in [9.17, 15) is 18.0 Å². The summed E-state index contributed by atoms with van der Waals surface area (Å²) in [6.45, 7) is 0.399. The Morgan fingerprint density at radius 2 is 2.04 bits per heavy atom. The minimum absolute atomic E-state index is 0.0206. The summed E-state index contributed by atoms with van der Waals surface area (Å²) in [5.41, 5.74) is 0.335. The number of carbonyl (C=O) groups is 1. The summed E-state index contributed by atoms with van der Waals surface area (Å²) in [4.78, 5) is 20.5. The van der Waals surface area contributed by atoms with Gasteiger partial charge in [-0.2, -0.15) is 13.2 Å². The molecule has 2 heterocycles. The number of alkyl halides is 3. The molecule has 3 aromatic rings. The van der Waals surface area contributed by atoms with Gasteiger partial charge in [0.2, 0.25) is 0 Å². The lowest BCUT2D eigenvalue weighted by Gasteiger charge is -2.09. The zero-order chi connectivity index (χ0) is 20.0. The first-order valence-corrected chi connectivity index (χ1v) is 9.22. The maximum Gasteiger partial charge on any atom is 0.416 e. The Morgan fingerprint density at radius 1 is 1.18 bits per heavy atom. The van der Waals surface area contributed by atoms with Crippen molar-refractivity contribution in [2.75, 3.05) is 6.54 Å². The van der Waals surface area contributed by atoms with Crippen LogP contribution in [0.3, 0.4) is 0 Å². The fourth-order valence-corrected chi connectivity index (χ4v) is 3.01. The maximum atomic E-state index is 12.7. The van der Waals surface area contributed by atoms with Crippen LogP contribution in [0.4, 0.5) is 13.2 Å². The number of benzene rings is 1. The molecule has 0 unspecified atom stereocenters. The summed E-state index contributed by atoms with van der Waals surface area (Å²) >= 11 is 1.21. The summed E-state index contributed by atoms with van der Waals surface area (Å²) in [7, 11) is 0. The third-order valence-electron chi connectivity index (χ3n) is 3.70. The number of nitrogens with zero attached hydrogens (tertiary/aromatic N) is 2. The van der Waals surface area contributed by atoms with Gasteiger partial charge in [-0.3, -0.25) is 9.78 Å². The molecule has 1 N–H and O–H groups in total. The monoisotopic (exact) mass is 407 g/mol. The second-order valence-corrected chi connectivity index (χ2v) is 6.71. The van der Waals surface area contributed by atoms with Crippen LogP contribution >= 0.6 is 11.3 Å². The van der Waals surface area contributed by atoms with E-state index >= 15 is 0 Å². The molecule has 3 rings (SSSR count). The second-order valence-electron chi connectivity index (χ2n) is 5.77. The van der Waals surface area contributed by atoms with E-state index in [4.69, 9.17) is 4.74 Å². The van der Waals surface area contributed by atoms with Gasteiger partial charge in [-0.05, 0) is 30.3 Å². The minimum atomic E-state index is -4.43. The standard InChI is InChI=1S/C19H16F3N3O2S/c20-19(21,22)13-4-3-6-15(10-13)27-11-17-25-16(12-28-17)18(26)24-9-7-14-5-1-2-8-23-14/h1-6,8,10,12H,7,9,11H2,(H,24,26). The second kappa shape index (κ2) is 8.83. The number of ether oxygens (including phenoxy) is 1. The number of halogens is 3. The number of thiazole rings is 1. The van der Waals surface area contributed by atoms with Crippen molar-refractivity contribution in [3.05, 3.63) is 76.0 Å². The van der Waals surface area contributed by atoms with E-state index in [1.165, 1.54) is 23.5 Å². The summed E-state index contributed by atoms with van der Waals surface area (Å²) in [6, 6.07) is 10.2. The molecule has 0 aliphatic rings. The average molecular weight is 407 g/mol. The largest absolute Gasteiger partial charge is 0.486 e. The first-order valence-electron chi connectivity index (χ1n) is 8.34. The van der Waals surface area contributed by atoms with Crippen LogP contribution in [0.5, 0.6) is 5.75 Å². The Morgan fingerprint density at radius 3 is 2.79 bits per heavy atom. The highest BCUT2D eigenvalue weighted by atomic mass is 32.1. The number of hydrogen-bond donors (Lipinski definition) is 1. The van der Waals surface area contributed by atoms with E-state index < -0.39 is 11.7 Å². The van der Waals surface area contributed by atoms with Crippen molar-refractivity contribution in [3.8, 4) is 5.75 Å². The van der Waals surface area contributed by atoms with E-state index in [1.807, 2.05) is 18.2 Å². The molecule has 28 heavy (non-hydrogen) atoms. The molecule has 0 saturated carbocycles. The van der Waals surface area contributed by atoms with Crippen molar-refractivity contribution < 1.29 is 22.7 Å². The summed E-state index contributed by atoms with van der Waals surface area (Å²) in [5.74, 6) is -0.233.